The lowest BCUT2D eigenvalue weighted by Crippen LogP contribution is -2.47. The summed E-state index contributed by atoms with van der Waals surface area (Å²) in [5.74, 6) is 1.92. The van der Waals surface area contributed by atoms with Gasteiger partial charge in [0.05, 0.1) is 12.8 Å². The smallest absolute Gasteiger partial charge is 0.142 e. The van der Waals surface area contributed by atoms with Crippen LogP contribution in [0.15, 0.2) is 84.2 Å². The Hall–Kier alpha value is -3.02. The molecule has 0 spiro atoms. The van der Waals surface area contributed by atoms with Crippen molar-refractivity contribution in [2.75, 3.05) is 44.7 Å². The average Bonchev–Trinajstić information content (AvgIpc) is 3.42. The molecule has 0 aliphatic carbocycles. The van der Waals surface area contributed by atoms with E-state index in [1.807, 2.05) is 12.1 Å². The van der Waals surface area contributed by atoms with Gasteiger partial charge in [0.1, 0.15) is 17.6 Å². The van der Waals surface area contributed by atoms with E-state index < -0.39 is 0 Å². The fourth-order valence-corrected chi connectivity index (χ4v) is 5.38. The first-order valence-electron chi connectivity index (χ1n) is 11.6. The van der Waals surface area contributed by atoms with Crippen LogP contribution in [0.4, 0.5) is 5.69 Å². The van der Waals surface area contributed by atoms with Gasteiger partial charge in [-0.3, -0.25) is 4.90 Å². The molecular weight excluding hydrogens is 428 g/mol. The third-order valence-corrected chi connectivity index (χ3v) is 7.35. The van der Waals surface area contributed by atoms with E-state index in [0.29, 0.717) is 0 Å². The molecule has 0 N–H and O–H groups in total. The molecule has 1 saturated heterocycles. The van der Waals surface area contributed by atoms with Crippen LogP contribution >= 0.6 is 11.3 Å². The first kappa shape index (κ1) is 21.8. The number of para-hydroxylation sites is 2. The number of nitrogens with zero attached hydrogens (tertiary/aromatic N) is 2. The summed E-state index contributed by atoms with van der Waals surface area (Å²) in [4.78, 5) is 6.27. The summed E-state index contributed by atoms with van der Waals surface area (Å²) in [6.07, 6.45) is 1.03. The van der Waals surface area contributed by atoms with E-state index in [4.69, 9.17) is 9.47 Å². The minimum atomic E-state index is 0.0584. The zero-order valence-electron chi connectivity index (χ0n) is 19.0. The molecule has 0 amide bonds. The highest BCUT2D eigenvalue weighted by Crippen LogP contribution is 2.33. The van der Waals surface area contributed by atoms with Crippen molar-refractivity contribution in [2.45, 2.75) is 12.5 Å². The second kappa shape index (κ2) is 10.3. The van der Waals surface area contributed by atoms with E-state index in [-0.39, 0.29) is 6.10 Å². The van der Waals surface area contributed by atoms with Crippen LogP contribution in [0.2, 0.25) is 0 Å². The van der Waals surface area contributed by atoms with Crippen molar-refractivity contribution in [3.8, 4) is 11.5 Å². The van der Waals surface area contributed by atoms with Crippen LogP contribution in [-0.2, 0) is 0 Å². The molecule has 0 radical (unpaired) electrons. The van der Waals surface area contributed by atoms with Crippen molar-refractivity contribution < 1.29 is 9.47 Å². The minimum Gasteiger partial charge on any atom is -0.495 e. The van der Waals surface area contributed by atoms with Gasteiger partial charge in [0, 0.05) is 49.4 Å². The van der Waals surface area contributed by atoms with Crippen LogP contribution in [-0.4, -0.2) is 44.7 Å². The number of methoxy groups -OCH3 is 1. The van der Waals surface area contributed by atoms with Gasteiger partial charge in [-0.15, -0.1) is 11.3 Å². The number of hydrogen-bond acceptors (Lipinski definition) is 5. The van der Waals surface area contributed by atoms with Gasteiger partial charge < -0.3 is 14.4 Å². The second-order valence-electron chi connectivity index (χ2n) is 8.39. The van der Waals surface area contributed by atoms with Crippen molar-refractivity contribution in [1.29, 1.82) is 0 Å². The molecular formula is C28H30N2O2S. The maximum atomic E-state index is 6.64. The van der Waals surface area contributed by atoms with Crippen LogP contribution in [0.5, 0.6) is 11.5 Å². The Kier molecular flexibility index (Phi) is 6.79. The zero-order chi connectivity index (χ0) is 22.5. The number of benzene rings is 3. The Morgan fingerprint density at radius 2 is 1.58 bits per heavy atom. The van der Waals surface area contributed by atoms with Crippen molar-refractivity contribution >= 4 is 27.8 Å². The van der Waals surface area contributed by atoms with Gasteiger partial charge >= 0.3 is 0 Å². The Morgan fingerprint density at radius 3 is 2.39 bits per heavy atom. The maximum absolute atomic E-state index is 6.64. The largest absolute Gasteiger partial charge is 0.495 e. The lowest BCUT2D eigenvalue weighted by atomic mass is 10.1. The summed E-state index contributed by atoms with van der Waals surface area (Å²) < 4.78 is 12.2. The molecule has 4 nitrogen and oxygen atoms in total. The summed E-state index contributed by atoms with van der Waals surface area (Å²) in [5, 5.41) is 4.53. The summed E-state index contributed by atoms with van der Waals surface area (Å²) in [6, 6.07) is 27.4. The van der Waals surface area contributed by atoms with Crippen molar-refractivity contribution in [3.05, 3.63) is 89.1 Å². The fraction of sp³-hybridized carbons (Fsp3) is 0.286. The summed E-state index contributed by atoms with van der Waals surface area (Å²) >= 11 is 1.78. The fourth-order valence-electron chi connectivity index (χ4n) is 4.59. The molecule has 1 fully saturated rings. The molecule has 1 aliphatic heterocycles. The van der Waals surface area contributed by atoms with Gasteiger partial charge in [-0.1, -0.05) is 54.6 Å². The molecule has 33 heavy (non-hydrogen) atoms. The molecule has 4 aromatic rings. The third kappa shape index (κ3) is 5.00. The Morgan fingerprint density at radius 1 is 0.818 bits per heavy atom. The van der Waals surface area contributed by atoms with Crippen molar-refractivity contribution in [2.24, 2.45) is 0 Å². The number of thiophene rings is 1. The number of rotatable bonds is 8. The van der Waals surface area contributed by atoms with Crippen molar-refractivity contribution in [3.63, 3.8) is 0 Å². The first-order chi connectivity index (χ1) is 16.3. The van der Waals surface area contributed by atoms with Gasteiger partial charge in [0.15, 0.2) is 0 Å². The Labute approximate surface area is 200 Å². The highest BCUT2D eigenvalue weighted by molar-refractivity contribution is 7.10. The van der Waals surface area contributed by atoms with E-state index in [1.165, 1.54) is 21.3 Å². The molecule has 0 bridgehead atoms. The molecule has 3 aromatic carbocycles. The van der Waals surface area contributed by atoms with E-state index in [9.17, 15) is 0 Å². The van der Waals surface area contributed by atoms with Crippen LogP contribution in [0.1, 0.15) is 17.4 Å². The van der Waals surface area contributed by atoms with Crippen LogP contribution < -0.4 is 14.4 Å². The summed E-state index contributed by atoms with van der Waals surface area (Å²) in [6.45, 7) is 5.13. The van der Waals surface area contributed by atoms with Gasteiger partial charge in [-0.2, -0.15) is 0 Å². The number of hydrogen-bond donors (Lipinski definition) is 0. The Balaban J connectivity index is 1.24. The lowest BCUT2D eigenvalue weighted by Gasteiger charge is -2.37. The number of piperazine rings is 1. The molecule has 2 heterocycles. The normalized spacial score (nSPS) is 15.5. The molecule has 170 valence electrons. The molecule has 0 saturated carbocycles. The topological polar surface area (TPSA) is 24.9 Å². The number of ether oxygens (including phenoxy) is 2. The van der Waals surface area contributed by atoms with Gasteiger partial charge in [0.2, 0.25) is 0 Å². The van der Waals surface area contributed by atoms with Crippen molar-refractivity contribution in [1.82, 2.24) is 4.90 Å². The third-order valence-electron chi connectivity index (χ3n) is 6.39. The SMILES string of the molecule is COc1ccccc1N1CCN(CCC(Oc2cccc3ccccc23)c2cccs2)CC1. The highest BCUT2D eigenvalue weighted by Gasteiger charge is 2.22. The quantitative estimate of drug-likeness (QED) is 0.312. The minimum absolute atomic E-state index is 0.0584. The summed E-state index contributed by atoms with van der Waals surface area (Å²) in [7, 11) is 1.75. The molecule has 1 atom stereocenters. The molecule has 1 aliphatic rings. The van der Waals surface area contributed by atoms with E-state index in [2.05, 4.69) is 81.9 Å². The lowest BCUT2D eigenvalue weighted by molar-refractivity contribution is 0.164. The van der Waals surface area contributed by atoms with E-state index in [1.54, 1.807) is 18.4 Å². The van der Waals surface area contributed by atoms with Gasteiger partial charge in [-0.05, 0) is 35.0 Å². The van der Waals surface area contributed by atoms with Crippen LogP contribution in [0.3, 0.4) is 0 Å². The van der Waals surface area contributed by atoms with Gasteiger partial charge in [0.25, 0.3) is 0 Å². The predicted octanol–water partition coefficient (Wildman–Crippen LogP) is 6.24. The zero-order valence-corrected chi connectivity index (χ0v) is 19.8. The van der Waals surface area contributed by atoms with Crippen LogP contribution in [0.25, 0.3) is 10.8 Å². The monoisotopic (exact) mass is 458 g/mol. The number of anilines is 1. The summed E-state index contributed by atoms with van der Waals surface area (Å²) in [5.41, 5.74) is 1.19. The molecule has 1 aromatic heterocycles. The van der Waals surface area contributed by atoms with E-state index >= 15 is 0 Å². The first-order valence-corrected chi connectivity index (χ1v) is 12.5. The van der Waals surface area contributed by atoms with Gasteiger partial charge in [-0.25, -0.2) is 0 Å². The predicted molar refractivity (Wildman–Crippen MR) is 138 cm³/mol. The highest BCUT2D eigenvalue weighted by atomic mass is 32.1. The van der Waals surface area contributed by atoms with E-state index in [0.717, 1.165) is 50.6 Å². The Bertz CT molecular complexity index is 1160. The maximum Gasteiger partial charge on any atom is 0.142 e. The molecule has 5 heteroatoms. The second-order valence-corrected chi connectivity index (χ2v) is 9.37. The van der Waals surface area contributed by atoms with Crippen LogP contribution in [0, 0.1) is 0 Å². The molecule has 5 rings (SSSR count). The average molecular weight is 459 g/mol. The molecule has 1 unspecified atom stereocenters. The standard InChI is InChI=1S/C28H30N2O2S/c1-31-26-12-5-4-11-24(26)30-19-17-29(18-20-30)16-15-27(28-14-7-21-33-28)32-25-13-6-9-22-8-2-3-10-23(22)25/h2-14,21,27H,15-20H2,1H3. The number of fused-ring (bicyclic) bond motifs is 1.